The van der Waals surface area contributed by atoms with Crippen molar-refractivity contribution in [1.82, 2.24) is 0 Å². The molecule has 0 saturated heterocycles. The number of hydrogen-bond donors (Lipinski definition) is 2. The average molecular weight is 312 g/mol. The van der Waals surface area contributed by atoms with Crippen LogP contribution in [-0.4, -0.2) is 17.0 Å². The molecular weight excluding hydrogens is 284 g/mol. The molecular formula is C20H28N2O. The largest absolute Gasteiger partial charge is 0.411 e. The monoisotopic (exact) mass is 312 g/mol. The van der Waals surface area contributed by atoms with E-state index in [0.717, 1.165) is 11.1 Å². The van der Waals surface area contributed by atoms with Crippen LogP contribution in [-0.2, 0) is 0 Å². The summed E-state index contributed by atoms with van der Waals surface area (Å²) in [7, 11) is 0. The fraction of sp³-hybridized carbons (Fsp3) is 0.450. The Morgan fingerprint density at radius 1 is 1.35 bits per heavy atom. The van der Waals surface area contributed by atoms with Crippen molar-refractivity contribution in [2.24, 2.45) is 16.3 Å². The van der Waals surface area contributed by atoms with Gasteiger partial charge >= 0.3 is 0 Å². The Labute approximate surface area is 139 Å². The fourth-order valence-electron chi connectivity index (χ4n) is 3.40. The minimum Gasteiger partial charge on any atom is -0.411 e. The zero-order chi connectivity index (χ0) is 17.0. The molecule has 23 heavy (non-hydrogen) atoms. The lowest BCUT2D eigenvalue weighted by Crippen LogP contribution is -2.27. The summed E-state index contributed by atoms with van der Waals surface area (Å²) in [5.74, 6) is 0. The summed E-state index contributed by atoms with van der Waals surface area (Å²) in [6.45, 7) is 8.69. The van der Waals surface area contributed by atoms with Crippen LogP contribution < -0.4 is 5.73 Å². The van der Waals surface area contributed by atoms with Crippen molar-refractivity contribution < 1.29 is 5.21 Å². The molecule has 1 aliphatic rings. The van der Waals surface area contributed by atoms with Crippen LogP contribution in [0.15, 0.2) is 46.6 Å². The van der Waals surface area contributed by atoms with Gasteiger partial charge in [-0.25, -0.2) is 0 Å². The van der Waals surface area contributed by atoms with Gasteiger partial charge in [0.15, 0.2) is 0 Å². The number of nitrogens with zero attached hydrogens (tertiary/aromatic N) is 1. The fourth-order valence-corrected chi connectivity index (χ4v) is 3.40. The number of hydrogen-bond acceptors (Lipinski definition) is 3. The molecule has 0 saturated carbocycles. The van der Waals surface area contributed by atoms with Gasteiger partial charge in [-0.1, -0.05) is 54.9 Å². The van der Waals surface area contributed by atoms with E-state index in [9.17, 15) is 0 Å². The van der Waals surface area contributed by atoms with Crippen LogP contribution in [0.1, 0.15) is 58.1 Å². The first kappa shape index (κ1) is 17.5. The van der Waals surface area contributed by atoms with Crippen molar-refractivity contribution in [3.8, 4) is 0 Å². The standard InChI is InChI=1S/C20H28N2O/c1-14-7-6-12-20(3,4)18(14)11-10-16-8-5-9-17(13-16)19(22-23)15(2)21/h5,8-11,13,15,23H,6-7,12,21H2,1-4H3. The molecule has 3 nitrogen and oxygen atoms in total. The minimum atomic E-state index is -0.304. The third kappa shape index (κ3) is 4.11. The molecule has 0 fully saturated rings. The lowest BCUT2D eigenvalue weighted by atomic mass is 9.72. The quantitative estimate of drug-likeness (QED) is 0.479. The Balaban J connectivity index is 2.31. The van der Waals surface area contributed by atoms with Crippen molar-refractivity contribution in [2.45, 2.75) is 53.0 Å². The summed E-state index contributed by atoms with van der Waals surface area (Å²) < 4.78 is 0. The highest BCUT2D eigenvalue weighted by Crippen LogP contribution is 2.40. The van der Waals surface area contributed by atoms with Gasteiger partial charge in [-0.2, -0.15) is 0 Å². The van der Waals surface area contributed by atoms with Gasteiger partial charge in [0.25, 0.3) is 0 Å². The second-order valence-corrected chi connectivity index (χ2v) is 7.16. The van der Waals surface area contributed by atoms with E-state index < -0.39 is 0 Å². The lowest BCUT2D eigenvalue weighted by molar-refractivity contribution is 0.317. The highest BCUT2D eigenvalue weighted by Gasteiger charge is 2.26. The van der Waals surface area contributed by atoms with E-state index in [-0.39, 0.29) is 11.5 Å². The van der Waals surface area contributed by atoms with Crippen LogP contribution in [0.4, 0.5) is 0 Å². The van der Waals surface area contributed by atoms with Crippen molar-refractivity contribution in [2.75, 3.05) is 0 Å². The molecule has 1 aromatic rings. The average Bonchev–Trinajstić information content (AvgIpc) is 2.47. The number of oxime groups is 1. The van der Waals surface area contributed by atoms with Gasteiger partial charge in [0, 0.05) is 11.6 Å². The molecule has 0 heterocycles. The summed E-state index contributed by atoms with van der Waals surface area (Å²) in [4.78, 5) is 0. The Morgan fingerprint density at radius 3 is 2.70 bits per heavy atom. The number of allylic oxidation sites excluding steroid dienone is 3. The second kappa shape index (κ2) is 7.14. The Bertz CT molecular complexity index is 651. The first-order chi connectivity index (χ1) is 10.8. The molecule has 3 N–H and O–H groups in total. The molecule has 1 aliphatic carbocycles. The third-order valence-corrected chi connectivity index (χ3v) is 4.71. The maximum atomic E-state index is 9.16. The number of nitrogens with two attached hydrogens (primary N) is 1. The molecule has 0 aromatic heterocycles. The smallest absolute Gasteiger partial charge is 0.103 e. The van der Waals surface area contributed by atoms with Gasteiger partial charge < -0.3 is 10.9 Å². The zero-order valence-electron chi connectivity index (χ0n) is 14.6. The van der Waals surface area contributed by atoms with E-state index in [2.05, 4.69) is 44.1 Å². The van der Waals surface area contributed by atoms with Crippen molar-refractivity contribution >= 4 is 11.8 Å². The topological polar surface area (TPSA) is 58.6 Å². The number of benzene rings is 1. The summed E-state index contributed by atoms with van der Waals surface area (Å²) in [6.07, 6.45) is 8.09. The highest BCUT2D eigenvalue weighted by molar-refractivity contribution is 6.04. The summed E-state index contributed by atoms with van der Waals surface area (Å²) in [5.41, 5.74) is 11.5. The van der Waals surface area contributed by atoms with Gasteiger partial charge in [-0.3, -0.25) is 0 Å². The SMILES string of the molecule is CC1=C(C=Cc2cccc(C(=NO)C(C)N)c2)C(C)(C)CCC1. The molecule has 3 heteroatoms. The van der Waals surface area contributed by atoms with Gasteiger partial charge in [0.2, 0.25) is 0 Å². The maximum Gasteiger partial charge on any atom is 0.103 e. The third-order valence-electron chi connectivity index (χ3n) is 4.71. The molecule has 0 radical (unpaired) electrons. The van der Waals surface area contributed by atoms with E-state index in [1.165, 1.54) is 30.4 Å². The van der Waals surface area contributed by atoms with Crippen LogP contribution in [0.25, 0.3) is 6.08 Å². The summed E-state index contributed by atoms with van der Waals surface area (Å²) in [6, 6.07) is 7.66. The van der Waals surface area contributed by atoms with Crippen LogP contribution in [0, 0.1) is 5.41 Å². The predicted octanol–water partition coefficient (Wildman–Crippen LogP) is 4.75. The van der Waals surface area contributed by atoms with Crippen LogP contribution in [0.3, 0.4) is 0 Å². The molecule has 0 aliphatic heterocycles. The first-order valence-corrected chi connectivity index (χ1v) is 8.31. The van der Waals surface area contributed by atoms with Crippen molar-refractivity contribution in [3.05, 3.63) is 52.6 Å². The Morgan fingerprint density at radius 2 is 2.09 bits per heavy atom. The molecule has 1 unspecified atom stereocenters. The van der Waals surface area contributed by atoms with E-state index in [4.69, 9.17) is 10.9 Å². The van der Waals surface area contributed by atoms with Gasteiger partial charge in [-0.05, 0) is 55.7 Å². The molecule has 2 rings (SSSR count). The van der Waals surface area contributed by atoms with Crippen LogP contribution in [0.5, 0.6) is 0 Å². The van der Waals surface area contributed by atoms with E-state index >= 15 is 0 Å². The van der Waals surface area contributed by atoms with E-state index in [0.29, 0.717) is 5.71 Å². The van der Waals surface area contributed by atoms with Crippen LogP contribution >= 0.6 is 0 Å². The molecule has 1 atom stereocenters. The van der Waals surface area contributed by atoms with Crippen LogP contribution in [0.2, 0.25) is 0 Å². The summed E-state index contributed by atoms with van der Waals surface area (Å²) in [5, 5.41) is 12.5. The summed E-state index contributed by atoms with van der Waals surface area (Å²) >= 11 is 0. The molecule has 0 bridgehead atoms. The van der Waals surface area contributed by atoms with Gasteiger partial charge in [0.05, 0.1) is 0 Å². The molecule has 0 spiro atoms. The van der Waals surface area contributed by atoms with Crippen molar-refractivity contribution in [3.63, 3.8) is 0 Å². The Hall–Kier alpha value is -1.87. The van der Waals surface area contributed by atoms with Crippen molar-refractivity contribution in [1.29, 1.82) is 0 Å². The van der Waals surface area contributed by atoms with E-state index in [1.54, 1.807) is 0 Å². The molecule has 0 amide bonds. The minimum absolute atomic E-state index is 0.236. The normalized spacial score (nSPS) is 20.1. The Kier molecular flexibility index (Phi) is 5.42. The second-order valence-electron chi connectivity index (χ2n) is 7.16. The highest BCUT2D eigenvalue weighted by atomic mass is 16.4. The lowest BCUT2D eigenvalue weighted by Gasteiger charge is -2.32. The molecule has 124 valence electrons. The maximum absolute atomic E-state index is 9.16. The van der Waals surface area contributed by atoms with Gasteiger partial charge in [-0.15, -0.1) is 0 Å². The first-order valence-electron chi connectivity index (χ1n) is 8.31. The van der Waals surface area contributed by atoms with E-state index in [1.807, 2.05) is 25.1 Å². The number of rotatable bonds is 4. The predicted molar refractivity (Wildman–Crippen MR) is 97.8 cm³/mol. The van der Waals surface area contributed by atoms with Gasteiger partial charge in [0.1, 0.15) is 5.71 Å². The molecule has 1 aromatic carbocycles. The zero-order valence-corrected chi connectivity index (χ0v) is 14.6.